The first kappa shape index (κ1) is 19.9. The number of halogens is 3. The van der Waals surface area contributed by atoms with Crippen LogP contribution in [0.25, 0.3) is 0 Å². The van der Waals surface area contributed by atoms with Gasteiger partial charge in [-0.15, -0.1) is 0 Å². The summed E-state index contributed by atoms with van der Waals surface area (Å²) in [4.78, 5) is 0.225. The number of nitrogens with zero attached hydrogens (tertiary/aromatic N) is 1. The predicted molar refractivity (Wildman–Crippen MR) is 94.5 cm³/mol. The van der Waals surface area contributed by atoms with E-state index in [-0.39, 0.29) is 24.2 Å². The molecule has 0 bridgehead atoms. The van der Waals surface area contributed by atoms with Gasteiger partial charge in [0.2, 0.25) is 10.0 Å². The Morgan fingerprint density at radius 1 is 1.07 bits per heavy atom. The first-order valence-corrected chi connectivity index (χ1v) is 10.0. The fourth-order valence-electron chi connectivity index (χ4n) is 3.05. The van der Waals surface area contributed by atoms with Gasteiger partial charge in [-0.1, -0.05) is 30.3 Å². The van der Waals surface area contributed by atoms with Crippen LogP contribution < -0.4 is 0 Å². The molecule has 0 amide bonds. The number of piperidine rings is 1. The first-order chi connectivity index (χ1) is 12.8. The minimum atomic E-state index is -4.40. The predicted octanol–water partition coefficient (Wildman–Crippen LogP) is 4.08. The van der Waals surface area contributed by atoms with E-state index < -0.39 is 21.8 Å². The van der Waals surface area contributed by atoms with E-state index in [0.717, 1.165) is 12.1 Å². The standard InChI is InChI=1S/C19H20F3NO3S/c20-19(21,22)16-7-4-6-15(12-16)14-26-17-8-5-11-23(13-17)27(24,25)18-9-2-1-3-10-18/h1-4,6-7,9-10,12,17H,5,8,11,13-14H2. The zero-order valence-electron chi connectivity index (χ0n) is 14.5. The van der Waals surface area contributed by atoms with Gasteiger partial charge >= 0.3 is 6.18 Å². The van der Waals surface area contributed by atoms with Gasteiger partial charge in [-0.2, -0.15) is 17.5 Å². The summed E-state index contributed by atoms with van der Waals surface area (Å²) in [7, 11) is -3.60. The Kier molecular flexibility index (Phi) is 5.88. The van der Waals surface area contributed by atoms with Crippen molar-refractivity contribution in [2.75, 3.05) is 13.1 Å². The third-order valence-corrected chi connectivity index (χ3v) is 6.34. The number of rotatable bonds is 5. The largest absolute Gasteiger partial charge is 0.416 e. The molecule has 3 rings (SSSR count). The minimum Gasteiger partial charge on any atom is -0.372 e. The van der Waals surface area contributed by atoms with E-state index in [1.807, 2.05) is 0 Å². The zero-order chi connectivity index (χ0) is 19.5. The highest BCUT2D eigenvalue weighted by molar-refractivity contribution is 7.89. The SMILES string of the molecule is O=S(=O)(c1ccccc1)N1CCCC(OCc2cccc(C(F)(F)F)c2)C1. The molecule has 0 saturated carbocycles. The van der Waals surface area contributed by atoms with Crippen molar-refractivity contribution < 1.29 is 26.3 Å². The quantitative estimate of drug-likeness (QED) is 0.761. The number of hydrogen-bond donors (Lipinski definition) is 0. The van der Waals surface area contributed by atoms with Crippen LogP contribution in [0.3, 0.4) is 0 Å². The molecule has 8 heteroatoms. The number of benzene rings is 2. The van der Waals surface area contributed by atoms with E-state index in [9.17, 15) is 21.6 Å². The van der Waals surface area contributed by atoms with E-state index in [1.165, 1.54) is 10.4 Å². The molecule has 4 nitrogen and oxygen atoms in total. The first-order valence-electron chi connectivity index (χ1n) is 8.60. The molecule has 27 heavy (non-hydrogen) atoms. The van der Waals surface area contributed by atoms with Gasteiger partial charge in [0.15, 0.2) is 0 Å². The molecule has 1 unspecified atom stereocenters. The second-order valence-electron chi connectivity index (χ2n) is 6.45. The van der Waals surface area contributed by atoms with Crippen LogP contribution in [0, 0.1) is 0 Å². The van der Waals surface area contributed by atoms with Gasteiger partial charge in [-0.3, -0.25) is 0 Å². The highest BCUT2D eigenvalue weighted by Crippen LogP contribution is 2.30. The molecule has 2 aromatic carbocycles. The fourth-order valence-corrected chi connectivity index (χ4v) is 4.58. The van der Waals surface area contributed by atoms with Crippen LogP contribution in [0.5, 0.6) is 0 Å². The lowest BCUT2D eigenvalue weighted by molar-refractivity contribution is -0.137. The Balaban J connectivity index is 1.64. The summed E-state index contributed by atoms with van der Waals surface area (Å²) in [5, 5.41) is 0. The Bertz CT molecular complexity index is 869. The molecule has 1 heterocycles. The average Bonchev–Trinajstić information content (AvgIpc) is 2.67. The van der Waals surface area contributed by atoms with Gasteiger partial charge in [0, 0.05) is 13.1 Å². The number of hydrogen-bond acceptors (Lipinski definition) is 3. The summed E-state index contributed by atoms with van der Waals surface area (Å²) in [6.07, 6.45) is -3.45. The Morgan fingerprint density at radius 3 is 2.52 bits per heavy atom. The van der Waals surface area contributed by atoms with Gasteiger partial charge < -0.3 is 4.74 Å². The molecule has 1 aliphatic rings. The fraction of sp³-hybridized carbons (Fsp3) is 0.368. The summed E-state index contributed by atoms with van der Waals surface area (Å²) in [5.74, 6) is 0. The smallest absolute Gasteiger partial charge is 0.372 e. The monoisotopic (exact) mass is 399 g/mol. The highest BCUT2D eigenvalue weighted by atomic mass is 32.2. The normalized spacial score (nSPS) is 19.1. The molecule has 1 aliphatic heterocycles. The molecule has 1 saturated heterocycles. The van der Waals surface area contributed by atoms with Crippen molar-refractivity contribution >= 4 is 10.0 Å². The lowest BCUT2D eigenvalue weighted by atomic mass is 10.1. The summed E-state index contributed by atoms with van der Waals surface area (Å²) in [5.41, 5.74) is -0.312. The summed E-state index contributed by atoms with van der Waals surface area (Å²) in [6, 6.07) is 13.1. The Hall–Kier alpha value is -1.90. The van der Waals surface area contributed by atoms with Crippen LogP contribution in [-0.4, -0.2) is 31.9 Å². The van der Waals surface area contributed by atoms with E-state index >= 15 is 0 Å². The number of ether oxygens (including phenoxy) is 1. The number of alkyl halides is 3. The second kappa shape index (κ2) is 8.00. The summed E-state index contributed by atoms with van der Waals surface area (Å²) >= 11 is 0. The summed E-state index contributed by atoms with van der Waals surface area (Å²) < 4.78 is 70.9. The zero-order valence-corrected chi connectivity index (χ0v) is 15.3. The average molecular weight is 399 g/mol. The summed E-state index contributed by atoms with van der Waals surface area (Å²) in [6.45, 7) is 0.602. The molecule has 146 valence electrons. The molecule has 0 aliphatic carbocycles. The van der Waals surface area contributed by atoms with Crippen LogP contribution in [0.4, 0.5) is 13.2 Å². The van der Waals surface area contributed by atoms with Crippen LogP contribution in [0.15, 0.2) is 59.5 Å². The topological polar surface area (TPSA) is 46.6 Å². The lowest BCUT2D eigenvalue weighted by Gasteiger charge is -2.32. The van der Waals surface area contributed by atoms with Gasteiger partial charge in [-0.05, 0) is 42.7 Å². The molecule has 1 atom stereocenters. The van der Waals surface area contributed by atoms with Crippen LogP contribution in [0.1, 0.15) is 24.0 Å². The molecule has 0 aromatic heterocycles. The molecule has 1 fully saturated rings. The van der Waals surface area contributed by atoms with Crippen LogP contribution >= 0.6 is 0 Å². The van der Waals surface area contributed by atoms with Crippen molar-refractivity contribution in [2.45, 2.75) is 36.6 Å². The molecule has 0 N–H and O–H groups in total. The molecule has 2 aromatic rings. The van der Waals surface area contributed by atoms with Crippen LogP contribution in [-0.2, 0) is 27.5 Å². The molecular formula is C19H20F3NO3S. The Labute approximate surface area is 156 Å². The van der Waals surface area contributed by atoms with Gasteiger partial charge in [0.25, 0.3) is 0 Å². The molecule has 0 radical (unpaired) electrons. The van der Waals surface area contributed by atoms with Crippen molar-refractivity contribution in [2.24, 2.45) is 0 Å². The third kappa shape index (κ3) is 4.88. The third-order valence-electron chi connectivity index (χ3n) is 4.46. The van der Waals surface area contributed by atoms with Crippen molar-refractivity contribution in [1.82, 2.24) is 4.31 Å². The minimum absolute atomic E-state index is 0.00775. The maximum Gasteiger partial charge on any atom is 0.416 e. The van der Waals surface area contributed by atoms with E-state index in [2.05, 4.69) is 0 Å². The van der Waals surface area contributed by atoms with Gasteiger partial charge in [-0.25, -0.2) is 8.42 Å². The second-order valence-corrected chi connectivity index (χ2v) is 8.39. The molecular weight excluding hydrogens is 379 g/mol. The lowest BCUT2D eigenvalue weighted by Crippen LogP contribution is -2.43. The van der Waals surface area contributed by atoms with Crippen molar-refractivity contribution in [3.8, 4) is 0 Å². The van der Waals surface area contributed by atoms with Gasteiger partial charge in [0.1, 0.15) is 0 Å². The maximum atomic E-state index is 12.8. The van der Waals surface area contributed by atoms with Crippen molar-refractivity contribution in [1.29, 1.82) is 0 Å². The number of sulfonamides is 1. The molecule has 0 spiro atoms. The van der Waals surface area contributed by atoms with Crippen molar-refractivity contribution in [3.05, 3.63) is 65.7 Å². The van der Waals surface area contributed by atoms with Crippen molar-refractivity contribution in [3.63, 3.8) is 0 Å². The van der Waals surface area contributed by atoms with E-state index in [4.69, 9.17) is 4.74 Å². The maximum absolute atomic E-state index is 12.8. The Morgan fingerprint density at radius 2 is 1.81 bits per heavy atom. The highest BCUT2D eigenvalue weighted by Gasteiger charge is 2.32. The van der Waals surface area contributed by atoms with E-state index in [0.29, 0.717) is 24.9 Å². The van der Waals surface area contributed by atoms with Crippen LogP contribution in [0.2, 0.25) is 0 Å². The van der Waals surface area contributed by atoms with Gasteiger partial charge in [0.05, 0.1) is 23.2 Å². The van der Waals surface area contributed by atoms with E-state index in [1.54, 1.807) is 36.4 Å².